The fourth-order valence-corrected chi connectivity index (χ4v) is 2.64. The summed E-state index contributed by atoms with van der Waals surface area (Å²) in [4.78, 5) is 23.6. The van der Waals surface area contributed by atoms with Crippen LogP contribution in [0.3, 0.4) is 0 Å². The molecule has 2 N–H and O–H groups in total. The van der Waals surface area contributed by atoms with Crippen LogP contribution in [0, 0.1) is 6.92 Å². The lowest BCUT2D eigenvalue weighted by molar-refractivity contribution is -0.143. The highest BCUT2D eigenvalue weighted by Gasteiger charge is 2.41. The van der Waals surface area contributed by atoms with Crippen LogP contribution >= 0.6 is 0 Å². The van der Waals surface area contributed by atoms with Crippen molar-refractivity contribution in [3.8, 4) is 5.69 Å². The van der Waals surface area contributed by atoms with Gasteiger partial charge in [-0.25, -0.2) is 9.48 Å². The van der Waals surface area contributed by atoms with Crippen molar-refractivity contribution in [3.05, 3.63) is 47.3 Å². The van der Waals surface area contributed by atoms with E-state index < -0.39 is 35.4 Å². The number of carbonyl (C=O) groups is 2. The third-order valence-corrected chi connectivity index (χ3v) is 3.98. The van der Waals surface area contributed by atoms with Gasteiger partial charge in [0.15, 0.2) is 5.69 Å². The van der Waals surface area contributed by atoms with E-state index in [4.69, 9.17) is 0 Å². The second-order valence-electron chi connectivity index (χ2n) is 6.16. The summed E-state index contributed by atoms with van der Waals surface area (Å²) in [7, 11) is 0. The molecule has 0 bridgehead atoms. The zero-order valence-electron chi connectivity index (χ0n) is 14.9. The maximum atomic E-state index is 13.6. The molecule has 0 aliphatic heterocycles. The molecule has 1 unspecified atom stereocenters. The fraction of sp³-hybridized carbons (Fsp3) is 0.389. The third kappa shape index (κ3) is 4.87. The first kappa shape index (κ1) is 20.5. The second-order valence-corrected chi connectivity index (χ2v) is 6.16. The Morgan fingerprint density at radius 2 is 2.04 bits per heavy atom. The number of amides is 1. The highest BCUT2D eigenvalue weighted by atomic mass is 19.4. The number of aliphatic carboxylic acids is 1. The summed E-state index contributed by atoms with van der Waals surface area (Å²) in [6, 6.07) is 4.99. The van der Waals surface area contributed by atoms with Crippen molar-refractivity contribution >= 4 is 11.9 Å². The van der Waals surface area contributed by atoms with Gasteiger partial charge >= 0.3 is 12.1 Å². The van der Waals surface area contributed by atoms with Gasteiger partial charge in [-0.15, -0.1) is 0 Å². The third-order valence-electron chi connectivity index (χ3n) is 3.98. The van der Waals surface area contributed by atoms with E-state index in [1.165, 1.54) is 12.1 Å². The molecule has 0 saturated heterocycles. The number of hydrogen-bond acceptors (Lipinski definition) is 3. The minimum atomic E-state index is -4.85. The van der Waals surface area contributed by atoms with Crippen LogP contribution in [0.5, 0.6) is 0 Å². The van der Waals surface area contributed by atoms with E-state index in [1.807, 2.05) is 6.92 Å². The van der Waals surface area contributed by atoms with Gasteiger partial charge in [0.1, 0.15) is 6.04 Å². The Hall–Kier alpha value is -2.84. The number of carboxylic acids is 1. The predicted molar refractivity (Wildman–Crippen MR) is 91.7 cm³/mol. The van der Waals surface area contributed by atoms with Crippen molar-refractivity contribution in [2.24, 2.45) is 0 Å². The van der Waals surface area contributed by atoms with Crippen molar-refractivity contribution in [2.45, 2.75) is 45.3 Å². The number of rotatable bonds is 7. The van der Waals surface area contributed by atoms with Crippen LogP contribution in [-0.4, -0.2) is 32.8 Å². The monoisotopic (exact) mass is 383 g/mol. The number of nitrogens with one attached hydrogen (secondary N) is 1. The molecule has 0 aliphatic rings. The molecule has 1 amide bonds. The average molecular weight is 383 g/mol. The molecular formula is C18H20F3N3O3. The van der Waals surface area contributed by atoms with Gasteiger partial charge < -0.3 is 10.4 Å². The Morgan fingerprint density at radius 3 is 2.59 bits per heavy atom. The standard InChI is InChI=1S/C18H20F3N3O3/c1-3-4-8-14(17(26)27)23-16(25)13-10-22-24(15(13)18(19,20)21)12-7-5-6-11(2)9-12/h5-7,9-10,14H,3-4,8H2,1-2H3,(H,23,25)(H,26,27). The molecule has 146 valence electrons. The SMILES string of the molecule is CCCCC(NC(=O)c1cnn(-c2cccc(C)c2)c1C(F)(F)F)C(=O)O. The topological polar surface area (TPSA) is 84.2 Å². The lowest BCUT2D eigenvalue weighted by atomic mass is 10.1. The predicted octanol–water partition coefficient (Wildman–Crippen LogP) is 3.57. The molecule has 0 radical (unpaired) electrons. The van der Waals surface area contributed by atoms with Gasteiger partial charge in [0, 0.05) is 0 Å². The number of nitrogens with zero attached hydrogens (tertiary/aromatic N) is 2. The van der Waals surface area contributed by atoms with Crippen LogP contribution < -0.4 is 5.32 Å². The molecule has 0 fully saturated rings. The summed E-state index contributed by atoms with van der Waals surface area (Å²) in [5.41, 5.74) is -1.08. The van der Waals surface area contributed by atoms with E-state index in [2.05, 4.69) is 10.4 Å². The van der Waals surface area contributed by atoms with Crippen molar-refractivity contribution in [1.29, 1.82) is 0 Å². The highest BCUT2D eigenvalue weighted by molar-refractivity contribution is 5.97. The van der Waals surface area contributed by atoms with Crippen molar-refractivity contribution < 1.29 is 27.9 Å². The number of aromatic nitrogens is 2. The number of halogens is 3. The summed E-state index contributed by atoms with van der Waals surface area (Å²) in [6.07, 6.45) is -2.70. The lowest BCUT2D eigenvalue weighted by Crippen LogP contribution is -2.41. The molecule has 2 aromatic rings. The molecule has 9 heteroatoms. The van der Waals surface area contributed by atoms with Crippen LogP contribution in [-0.2, 0) is 11.0 Å². The maximum absolute atomic E-state index is 13.6. The van der Waals surface area contributed by atoms with Crippen LogP contribution in [0.2, 0.25) is 0 Å². The number of hydrogen-bond donors (Lipinski definition) is 2. The smallest absolute Gasteiger partial charge is 0.434 e. The number of benzene rings is 1. The van der Waals surface area contributed by atoms with Gasteiger partial charge in [-0.3, -0.25) is 4.79 Å². The lowest BCUT2D eigenvalue weighted by Gasteiger charge is -2.16. The molecule has 27 heavy (non-hydrogen) atoms. The molecule has 2 rings (SSSR count). The Balaban J connectivity index is 2.42. The van der Waals surface area contributed by atoms with Gasteiger partial charge in [0.25, 0.3) is 5.91 Å². The van der Waals surface area contributed by atoms with Gasteiger partial charge in [0.05, 0.1) is 17.4 Å². The van der Waals surface area contributed by atoms with E-state index in [9.17, 15) is 27.9 Å². The Kier molecular flexibility index (Phi) is 6.24. The Bertz CT molecular complexity index is 831. The first-order valence-electron chi connectivity index (χ1n) is 8.41. The van der Waals surface area contributed by atoms with Crippen LogP contribution in [0.25, 0.3) is 5.69 Å². The molecule has 0 aliphatic carbocycles. The Morgan fingerprint density at radius 1 is 1.33 bits per heavy atom. The molecule has 1 aromatic heterocycles. The first-order valence-corrected chi connectivity index (χ1v) is 8.41. The first-order chi connectivity index (χ1) is 12.6. The number of aryl methyl sites for hydroxylation is 1. The van der Waals surface area contributed by atoms with Gasteiger partial charge in [0.2, 0.25) is 0 Å². The zero-order chi connectivity index (χ0) is 20.2. The summed E-state index contributed by atoms with van der Waals surface area (Å²) in [6.45, 7) is 3.56. The summed E-state index contributed by atoms with van der Waals surface area (Å²) in [5, 5.41) is 15.1. The van der Waals surface area contributed by atoms with Gasteiger partial charge in [-0.1, -0.05) is 31.9 Å². The van der Waals surface area contributed by atoms with Gasteiger partial charge in [-0.2, -0.15) is 18.3 Å². The number of unbranched alkanes of at least 4 members (excludes halogenated alkanes) is 1. The quantitative estimate of drug-likeness (QED) is 0.766. The van der Waals surface area contributed by atoms with Crippen molar-refractivity contribution in [2.75, 3.05) is 0 Å². The van der Waals surface area contributed by atoms with Crippen LogP contribution in [0.1, 0.15) is 47.8 Å². The van der Waals surface area contributed by atoms with E-state index in [0.717, 1.165) is 11.8 Å². The van der Waals surface area contributed by atoms with Crippen molar-refractivity contribution in [1.82, 2.24) is 15.1 Å². The van der Waals surface area contributed by atoms with E-state index in [1.54, 1.807) is 19.1 Å². The molecule has 1 atom stereocenters. The Labute approximate surface area is 154 Å². The molecule has 1 heterocycles. The van der Waals surface area contributed by atoms with E-state index in [0.29, 0.717) is 17.5 Å². The van der Waals surface area contributed by atoms with Crippen LogP contribution in [0.4, 0.5) is 13.2 Å². The van der Waals surface area contributed by atoms with Crippen LogP contribution in [0.15, 0.2) is 30.5 Å². The molecule has 0 saturated carbocycles. The van der Waals surface area contributed by atoms with E-state index in [-0.39, 0.29) is 12.1 Å². The summed E-state index contributed by atoms with van der Waals surface area (Å²) in [5.74, 6) is -2.42. The minimum absolute atomic E-state index is 0.130. The number of carbonyl (C=O) groups excluding carboxylic acids is 1. The maximum Gasteiger partial charge on any atom is 0.434 e. The highest BCUT2D eigenvalue weighted by Crippen LogP contribution is 2.33. The van der Waals surface area contributed by atoms with E-state index >= 15 is 0 Å². The summed E-state index contributed by atoms with van der Waals surface area (Å²) < 4.78 is 41.5. The average Bonchev–Trinajstić information content (AvgIpc) is 3.03. The molecular weight excluding hydrogens is 363 g/mol. The number of carboxylic acid groups (broad SMARTS) is 1. The normalized spacial score (nSPS) is 12.6. The van der Waals surface area contributed by atoms with Gasteiger partial charge in [-0.05, 0) is 31.0 Å². The second kappa shape index (κ2) is 8.24. The molecule has 0 spiro atoms. The molecule has 1 aromatic carbocycles. The fourth-order valence-electron chi connectivity index (χ4n) is 2.64. The largest absolute Gasteiger partial charge is 0.480 e. The molecule has 6 nitrogen and oxygen atoms in total. The number of alkyl halides is 3. The minimum Gasteiger partial charge on any atom is -0.480 e. The van der Waals surface area contributed by atoms with Crippen molar-refractivity contribution in [3.63, 3.8) is 0 Å². The summed E-state index contributed by atoms with van der Waals surface area (Å²) >= 11 is 0. The zero-order valence-corrected chi connectivity index (χ0v) is 14.9.